The highest BCUT2D eigenvalue weighted by Crippen LogP contribution is 2.34. The fraction of sp³-hybridized carbons (Fsp3) is 0.407. The lowest BCUT2D eigenvalue weighted by Crippen LogP contribution is -2.53. The molecule has 2 fully saturated rings. The van der Waals surface area contributed by atoms with Crippen molar-refractivity contribution in [3.05, 3.63) is 53.9 Å². The monoisotopic (exact) mass is 586 g/mol. The first-order chi connectivity index (χ1) is 19.5. The van der Waals surface area contributed by atoms with E-state index in [9.17, 15) is 28.0 Å². The largest absolute Gasteiger partial charge is 0.618 e. The summed E-state index contributed by atoms with van der Waals surface area (Å²) in [6, 6.07) is 7.83. The zero-order valence-electron chi connectivity index (χ0n) is 22.7. The minimum atomic E-state index is -4.30. The summed E-state index contributed by atoms with van der Waals surface area (Å²) in [5.41, 5.74) is 0.396. The number of rotatable bonds is 8. The number of fused-ring (bicyclic) bond motifs is 2. The molecule has 0 bridgehead atoms. The number of aromatic nitrogens is 1. The molecule has 0 radical (unpaired) electrons. The quantitative estimate of drug-likeness (QED) is 0.306. The highest BCUT2D eigenvalue weighted by molar-refractivity contribution is 7.89. The first-order valence-electron chi connectivity index (χ1n) is 13.1. The fourth-order valence-electron chi connectivity index (χ4n) is 5.45. The SMILES string of the molecule is COc1cccc2cc(OC(=O)NC(CC(C)C)C(=O)N3CCC4C3C(=O)CN4S(=O)(=O)c3cccc[n+]3[O-])oc12. The lowest BCUT2D eigenvalue weighted by atomic mass is 10.0. The molecule has 3 aromatic rings. The highest BCUT2D eigenvalue weighted by Gasteiger charge is 2.55. The van der Waals surface area contributed by atoms with Gasteiger partial charge in [0.1, 0.15) is 12.1 Å². The Balaban J connectivity index is 1.32. The van der Waals surface area contributed by atoms with Crippen LogP contribution < -0.4 is 19.5 Å². The molecule has 2 saturated heterocycles. The number of pyridine rings is 1. The molecule has 4 heterocycles. The molecule has 0 spiro atoms. The van der Waals surface area contributed by atoms with Gasteiger partial charge in [-0.2, -0.15) is 9.04 Å². The molecule has 2 amide bonds. The van der Waals surface area contributed by atoms with Gasteiger partial charge in [0.15, 0.2) is 23.3 Å². The summed E-state index contributed by atoms with van der Waals surface area (Å²) in [5.74, 6) is -0.633. The van der Waals surface area contributed by atoms with Crippen molar-refractivity contribution >= 4 is 38.8 Å². The molecular formula is C27H30N4O9S. The molecule has 2 aliphatic rings. The van der Waals surface area contributed by atoms with Crippen molar-refractivity contribution in [2.24, 2.45) is 5.92 Å². The first kappa shape index (κ1) is 28.4. The summed E-state index contributed by atoms with van der Waals surface area (Å²) in [6.07, 6.45) is 0.582. The maximum Gasteiger partial charge on any atom is 0.415 e. The molecule has 41 heavy (non-hydrogen) atoms. The second kappa shape index (κ2) is 11.0. The van der Waals surface area contributed by atoms with E-state index in [2.05, 4.69) is 5.32 Å². The molecule has 13 nitrogen and oxygen atoms in total. The van der Waals surface area contributed by atoms with Crippen LogP contribution in [0.25, 0.3) is 11.0 Å². The van der Waals surface area contributed by atoms with Crippen LogP contribution in [0.2, 0.25) is 0 Å². The van der Waals surface area contributed by atoms with Gasteiger partial charge in [-0.25, -0.2) is 13.2 Å². The number of ketones is 1. The van der Waals surface area contributed by atoms with Gasteiger partial charge in [0.2, 0.25) is 5.91 Å². The fourth-order valence-corrected chi connectivity index (χ4v) is 7.11. The van der Waals surface area contributed by atoms with Gasteiger partial charge in [-0.3, -0.25) is 9.59 Å². The third-order valence-corrected chi connectivity index (χ3v) is 9.08. The van der Waals surface area contributed by atoms with Crippen molar-refractivity contribution in [1.29, 1.82) is 0 Å². The normalized spacial score (nSPS) is 19.9. The second-order valence-corrected chi connectivity index (χ2v) is 12.2. The molecule has 14 heteroatoms. The van der Waals surface area contributed by atoms with E-state index >= 15 is 0 Å². The van der Waals surface area contributed by atoms with E-state index in [-0.39, 0.29) is 36.0 Å². The van der Waals surface area contributed by atoms with Gasteiger partial charge in [0.05, 0.1) is 19.7 Å². The summed E-state index contributed by atoms with van der Waals surface area (Å²) in [7, 11) is -2.81. The average Bonchev–Trinajstić information content (AvgIpc) is 3.62. The number of benzene rings is 1. The second-order valence-electron chi connectivity index (χ2n) is 10.4. The Labute approximate surface area is 236 Å². The van der Waals surface area contributed by atoms with E-state index in [0.29, 0.717) is 16.7 Å². The van der Waals surface area contributed by atoms with Crippen LogP contribution in [0.5, 0.6) is 11.7 Å². The molecule has 5 rings (SSSR count). The number of carbonyl (C=O) groups excluding carboxylic acids is 3. The zero-order chi connectivity index (χ0) is 29.5. The van der Waals surface area contributed by atoms with E-state index in [0.717, 1.165) is 10.5 Å². The summed E-state index contributed by atoms with van der Waals surface area (Å²) in [4.78, 5) is 40.9. The van der Waals surface area contributed by atoms with Gasteiger partial charge in [-0.15, -0.1) is 0 Å². The molecule has 1 aromatic carbocycles. The number of para-hydroxylation sites is 1. The van der Waals surface area contributed by atoms with Gasteiger partial charge in [0, 0.05) is 30.1 Å². The Morgan fingerprint density at radius 3 is 2.71 bits per heavy atom. The summed E-state index contributed by atoms with van der Waals surface area (Å²) in [6.45, 7) is 3.39. The van der Waals surface area contributed by atoms with Gasteiger partial charge < -0.3 is 29.3 Å². The lowest BCUT2D eigenvalue weighted by molar-refractivity contribution is -0.646. The van der Waals surface area contributed by atoms with E-state index < -0.39 is 57.5 Å². The van der Waals surface area contributed by atoms with Crippen LogP contribution in [0, 0.1) is 11.1 Å². The number of methoxy groups -OCH3 is 1. The van der Waals surface area contributed by atoms with Crippen molar-refractivity contribution in [2.75, 3.05) is 20.2 Å². The molecule has 3 atom stereocenters. The van der Waals surface area contributed by atoms with Crippen LogP contribution in [0.1, 0.15) is 26.7 Å². The van der Waals surface area contributed by atoms with Crippen LogP contribution in [-0.2, 0) is 19.6 Å². The number of furan rings is 1. The molecule has 2 aromatic heterocycles. The van der Waals surface area contributed by atoms with Crippen molar-refractivity contribution in [3.63, 3.8) is 0 Å². The predicted octanol–water partition coefficient (Wildman–Crippen LogP) is 1.82. The number of likely N-dealkylation sites (tertiary alicyclic amines) is 1. The maximum atomic E-state index is 13.7. The highest BCUT2D eigenvalue weighted by atomic mass is 32.2. The summed E-state index contributed by atoms with van der Waals surface area (Å²) >= 11 is 0. The molecule has 2 aliphatic heterocycles. The summed E-state index contributed by atoms with van der Waals surface area (Å²) in [5, 5.41) is 14.9. The number of nitrogens with one attached hydrogen (secondary N) is 1. The van der Waals surface area contributed by atoms with Crippen LogP contribution in [0.3, 0.4) is 0 Å². The van der Waals surface area contributed by atoms with E-state index in [1.54, 1.807) is 18.2 Å². The minimum absolute atomic E-state index is 0.0140. The molecule has 0 saturated carbocycles. The first-order valence-corrected chi connectivity index (χ1v) is 14.5. The van der Waals surface area contributed by atoms with Crippen molar-refractivity contribution in [2.45, 2.75) is 49.8 Å². The van der Waals surface area contributed by atoms with Crippen LogP contribution >= 0.6 is 0 Å². The molecule has 0 aliphatic carbocycles. The number of amides is 2. The minimum Gasteiger partial charge on any atom is -0.618 e. The van der Waals surface area contributed by atoms with Gasteiger partial charge in [0.25, 0.3) is 5.95 Å². The Hall–Kier alpha value is -4.17. The topological polar surface area (TPSA) is 162 Å². The number of ether oxygens (including phenoxy) is 2. The van der Waals surface area contributed by atoms with Crippen molar-refractivity contribution in [1.82, 2.24) is 14.5 Å². The molecule has 1 N–H and O–H groups in total. The molecular weight excluding hydrogens is 556 g/mol. The van der Waals surface area contributed by atoms with Crippen LogP contribution in [0.4, 0.5) is 4.79 Å². The summed E-state index contributed by atoms with van der Waals surface area (Å²) < 4.78 is 44.0. The Bertz CT molecular complexity index is 1600. The third-order valence-electron chi connectivity index (χ3n) is 7.22. The Morgan fingerprint density at radius 2 is 2.00 bits per heavy atom. The van der Waals surface area contributed by atoms with Crippen molar-refractivity contribution < 1.29 is 41.4 Å². The number of nitrogens with zero attached hydrogens (tertiary/aromatic N) is 3. The molecule has 218 valence electrons. The molecule has 3 unspecified atom stereocenters. The van der Waals surface area contributed by atoms with Gasteiger partial charge in [-0.05, 0) is 30.9 Å². The van der Waals surface area contributed by atoms with E-state index in [1.807, 2.05) is 13.8 Å². The van der Waals surface area contributed by atoms with E-state index in [4.69, 9.17) is 13.9 Å². The number of Topliss-reactive ketones (excluding diaryl/α,β-unsaturated/α-hetero) is 1. The number of hydrogen-bond donors (Lipinski definition) is 1. The van der Waals surface area contributed by atoms with E-state index in [1.165, 1.54) is 36.3 Å². The average molecular weight is 587 g/mol. The van der Waals surface area contributed by atoms with Gasteiger partial charge >= 0.3 is 21.1 Å². The zero-order valence-corrected chi connectivity index (χ0v) is 23.5. The van der Waals surface area contributed by atoms with Gasteiger partial charge in [-0.1, -0.05) is 26.0 Å². The lowest BCUT2D eigenvalue weighted by Gasteiger charge is -2.28. The number of carbonyl (C=O) groups is 3. The predicted molar refractivity (Wildman–Crippen MR) is 143 cm³/mol. The van der Waals surface area contributed by atoms with Crippen LogP contribution in [0.15, 0.2) is 58.1 Å². The standard InChI is InChI=1S/C27H30N4O9S/c1-16(2)13-18(28-27(34)40-23-14-17-7-6-8-21(38-3)25(17)39-23)26(33)29-12-10-19-24(29)20(32)15-31(19)41(36,37)22-9-4-5-11-30(22)35/h4-9,11,14,16,18-19,24H,10,12-13,15H2,1-3H3,(H,28,34). The van der Waals surface area contributed by atoms with Crippen LogP contribution in [-0.4, -0.2) is 73.7 Å². The Morgan fingerprint density at radius 1 is 1.22 bits per heavy atom. The smallest absolute Gasteiger partial charge is 0.415 e. The number of sulfonamides is 1. The number of hydrogen-bond acceptors (Lipinski definition) is 9. The van der Waals surface area contributed by atoms with Crippen molar-refractivity contribution in [3.8, 4) is 11.7 Å². The third kappa shape index (κ3) is 5.32. The Kier molecular flexibility index (Phi) is 7.62. The maximum absolute atomic E-state index is 13.7.